The summed E-state index contributed by atoms with van der Waals surface area (Å²) in [6.07, 6.45) is 2.72. The number of ether oxygens (including phenoxy) is 2. The zero-order chi connectivity index (χ0) is 13.2. The number of fused-ring (bicyclic) bond motifs is 1. The molecule has 0 saturated heterocycles. The Labute approximate surface area is 111 Å². The minimum atomic E-state index is -0.162. The molecule has 1 aromatic rings. The van der Waals surface area contributed by atoms with Crippen LogP contribution in [0.4, 0.5) is 0 Å². The summed E-state index contributed by atoms with van der Waals surface area (Å²) in [5.41, 5.74) is 0.535. The second kappa shape index (κ2) is 4.81. The van der Waals surface area contributed by atoms with Gasteiger partial charge in [0.2, 0.25) is 6.79 Å². The van der Waals surface area contributed by atoms with Gasteiger partial charge in [-0.1, -0.05) is 0 Å². The Balaban J connectivity index is 1.72. The first-order valence-corrected chi connectivity index (χ1v) is 6.38. The van der Waals surface area contributed by atoms with E-state index in [0.717, 1.165) is 19.3 Å². The molecule has 5 nitrogen and oxygen atoms in total. The van der Waals surface area contributed by atoms with E-state index in [2.05, 4.69) is 11.4 Å². The van der Waals surface area contributed by atoms with Crippen molar-refractivity contribution in [3.8, 4) is 17.6 Å². The minimum absolute atomic E-state index is 0.0390. The lowest BCUT2D eigenvalue weighted by molar-refractivity contribution is 0.0932. The van der Waals surface area contributed by atoms with E-state index in [-0.39, 0.29) is 24.7 Å². The number of carbonyl (C=O) groups is 1. The van der Waals surface area contributed by atoms with Crippen molar-refractivity contribution in [3.63, 3.8) is 0 Å². The lowest BCUT2D eigenvalue weighted by Gasteiger charge is -2.15. The summed E-state index contributed by atoms with van der Waals surface area (Å²) in [5, 5.41) is 11.9. The predicted molar refractivity (Wildman–Crippen MR) is 66.8 cm³/mol. The lowest BCUT2D eigenvalue weighted by Crippen LogP contribution is -2.36. The Hall–Kier alpha value is -2.22. The molecule has 2 aliphatic rings. The van der Waals surface area contributed by atoms with E-state index in [1.807, 2.05) is 0 Å². The first kappa shape index (κ1) is 11.8. The fraction of sp³-hybridized carbons (Fsp3) is 0.429. The molecule has 1 heterocycles. The van der Waals surface area contributed by atoms with E-state index in [9.17, 15) is 4.79 Å². The zero-order valence-corrected chi connectivity index (χ0v) is 10.4. The lowest BCUT2D eigenvalue weighted by atomic mass is 10.1. The van der Waals surface area contributed by atoms with Crippen LogP contribution in [-0.2, 0) is 0 Å². The highest BCUT2D eigenvalue weighted by Gasteiger charge is 2.29. The van der Waals surface area contributed by atoms with Crippen LogP contribution >= 0.6 is 0 Å². The summed E-state index contributed by atoms with van der Waals surface area (Å²) in [7, 11) is 0. The largest absolute Gasteiger partial charge is 0.454 e. The number of nitrogens with zero attached hydrogens (tertiary/aromatic N) is 1. The van der Waals surface area contributed by atoms with Gasteiger partial charge in [-0.15, -0.1) is 0 Å². The molecule has 0 bridgehead atoms. The predicted octanol–water partition coefficient (Wildman–Crippen LogP) is 1.84. The molecule has 19 heavy (non-hydrogen) atoms. The number of nitriles is 1. The summed E-state index contributed by atoms with van der Waals surface area (Å²) < 4.78 is 10.5. The number of rotatable bonds is 2. The van der Waals surface area contributed by atoms with Gasteiger partial charge in [-0.25, -0.2) is 0 Å². The van der Waals surface area contributed by atoms with Gasteiger partial charge in [-0.2, -0.15) is 5.26 Å². The van der Waals surface area contributed by atoms with Crippen molar-refractivity contribution in [3.05, 3.63) is 23.8 Å². The van der Waals surface area contributed by atoms with E-state index in [1.165, 1.54) is 0 Å². The molecule has 2 atom stereocenters. The second-order valence-electron chi connectivity index (χ2n) is 4.81. The first-order chi connectivity index (χ1) is 9.28. The van der Waals surface area contributed by atoms with Gasteiger partial charge in [0.15, 0.2) is 11.5 Å². The van der Waals surface area contributed by atoms with E-state index in [1.54, 1.807) is 18.2 Å². The molecule has 1 fully saturated rings. The van der Waals surface area contributed by atoms with Crippen LogP contribution in [0.25, 0.3) is 0 Å². The Morgan fingerprint density at radius 3 is 3.00 bits per heavy atom. The van der Waals surface area contributed by atoms with Gasteiger partial charge >= 0.3 is 0 Å². The van der Waals surface area contributed by atoms with E-state index >= 15 is 0 Å². The molecule has 1 aliphatic heterocycles. The number of benzene rings is 1. The second-order valence-corrected chi connectivity index (χ2v) is 4.81. The van der Waals surface area contributed by atoms with E-state index in [0.29, 0.717) is 17.1 Å². The van der Waals surface area contributed by atoms with Gasteiger partial charge in [0.1, 0.15) is 0 Å². The topological polar surface area (TPSA) is 71.4 Å². The molecular weight excluding hydrogens is 244 g/mol. The number of hydrogen-bond donors (Lipinski definition) is 1. The average Bonchev–Trinajstić information content (AvgIpc) is 3.05. The van der Waals surface area contributed by atoms with Gasteiger partial charge < -0.3 is 14.8 Å². The number of amides is 1. The smallest absolute Gasteiger partial charge is 0.251 e. The van der Waals surface area contributed by atoms with Gasteiger partial charge in [0.25, 0.3) is 5.91 Å². The third-order valence-electron chi connectivity index (χ3n) is 3.63. The highest BCUT2D eigenvalue weighted by molar-refractivity contribution is 5.95. The van der Waals surface area contributed by atoms with Crippen LogP contribution in [-0.4, -0.2) is 18.7 Å². The normalized spacial score (nSPS) is 23.9. The van der Waals surface area contributed by atoms with Crippen molar-refractivity contribution in [2.45, 2.75) is 25.3 Å². The van der Waals surface area contributed by atoms with Crippen molar-refractivity contribution in [2.24, 2.45) is 5.92 Å². The van der Waals surface area contributed by atoms with Crippen LogP contribution in [0, 0.1) is 17.2 Å². The van der Waals surface area contributed by atoms with Gasteiger partial charge in [-0.05, 0) is 37.5 Å². The standard InChI is InChI=1S/C14H14N2O3/c15-7-10-2-1-3-11(10)16-14(17)9-4-5-12-13(6-9)19-8-18-12/h4-6,10-11H,1-3,8H2,(H,16,17). The van der Waals surface area contributed by atoms with Crippen LogP contribution in [0.5, 0.6) is 11.5 Å². The summed E-state index contributed by atoms with van der Waals surface area (Å²) in [6, 6.07) is 7.33. The molecule has 1 amide bonds. The molecule has 0 aromatic heterocycles. The quantitative estimate of drug-likeness (QED) is 0.878. The van der Waals surface area contributed by atoms with Gasteiger partial charge in [0.05, 0.1) is 12.0 Å². The summed E-state index contributed by atoms with van der Waals surface area (Å²) in [4.78, 5) is 12.1. The maximum absolute atomic E-state index is 12.1. The summed E-state index contributed by atoms with van der Waals surface area (Å²) >= 11 is 0. The van der Waals surface area contributed by atoms with Crippen molar-refractivity contribution in [1.29, 1.82) is 5.26 Å². The molecular formula is C14H14N2O3. The van der Waals surface area contributed by atoms with Crippen molar-refractivity contribution >= 4 is 5.91 Å². The van der Waals surface area contributed by atoms with Crippen molar-refractivity contribution in [2.75, 3.05) is 6.79 Å². The third-order valence-corrected chi connectivity index (χ3v) is 3.63. The Morgan fingerprint density at radius 2 is 2.16 bits per heavy atom. The molecule has 2 unspecified atom stereocenters. The SMILES string of the molecule is N#CC1CCCC1NC(=O)c1ccc2c(c1)OCO2. The third kappa shape index (κ3) is 2.22. The fourth-order valence-corrected chi connectivity index (χ4v) is 2.58. The number of nitrogens with one attached hydrogen (secondary N) is 1. The maximum Gasteiger partial charge on any atom is 0.251 e. The number of carbonyl (C=O) groups excluding carboxylic acids is 1. The highest BCUT2D eigenvalue weighted by atomic mass is 16.7. The Morgan fingerprint density at radius 1 is 1.32 bits per heavy atom. The first-order valence-electron chi connectivity index (χ1n) is 6.38. The molecule has 1 aliphatic carbocycles. The van der Waals surface area contributed by atoms with E-state index < -0.39 is 0 Å². The molecule has 1 aromatic carbocycles. The molecule has 0 radical (unpaired) electrons. The summed E-state index contributed by atoms with van der Waals surface area (Å²) in [6.45, 7) is 0.194. The molecule has 1 saturated carbocycles. The van der Waals surface area contributed by atoms with Crippen LogP contribution in [0.3, 0.4) is 0 Å². The Kier molecular flexibility index (Phi) is 3.00. The monoisotopic (exact) mass is 258 g/mol. The maximum atomic E-state index is 12.1. The molecule has 0 spiro atoms. The van der Waals surface area contributed by atoms with Crippen LogP contribution < -0.4 is 14.8 Å². The van der Waals surface area contributed by atoms with E-state index in [4.69, 9.17) is 14.7 Å². The van der Waals surface area contributed by atoms with Crippen LogP contribution in [0.15, 0.2) is 18.2 Å². The fourth-order valence-electron chi connectivity index (χ4n) is 2.58. The summed E-state index contributed by atoms with van der Waals surface area (Å²) in [5.74, 6) is 1.02. The van der Waals surface area contributed by atoms with Crippen molar-refractivity contribution in [1.82, 2.24) is 5.32 Å². The average molecular weight is 258 g/mol. The highest BCUT2D eigenvalue weighted by Crippen LogP contribution is 2.32. The molecule has 5 heteroatoms. The molecule has 98 valence electrons. The van der Waals surface area contributed by atoms with Crippen LogP contribution in [0.2, 0.25) is 0 Å². The van der Waals surface area contributed by atoms with Crippen LogP contribution in [0.1, 0.15) is 29.6 Å². The molecule has 3 rings (SSSR count). The Bertz CT molecular complexity index is 550. The minimum Gasteiger partial charge on any atom is -0.454 e. The van der Waals surface area contributed by atoms with Gasteiger partial charge in [0, 0.05) is 11.6 Å². The number of hydrogen-bond acceptors (Lipinski definition) is 4. The van der Waals surface area contributed by atoms with Crippen molar-refractivity contribution < 1.29 is 14.3 Å². The zero-order valence-electron chi connectivity index (χ0n) is 10.4. The molecule has 1 N–H and O–H groups in total. The van der Waals surface area contributed by atoms with Gasteiger partial charge in [-0.3, -0.25) is 4.79 Å².